The van der Waals surface area contributed by atoms with Crippen LogP contribution in [0.3, 0.4) is 0 Å². The summed E-state index contributed by atoms with van der Waals surface area (Å²) in [5.41, 5.74) is 1.14. The normalized spacial score (nSPS) is 11.5. The fourth-order valence-electron chi connectivity index (χ4n) is 3.84. The Morgan fingerprint density at radius 2 is 1.55 bits per heavy atom. The number of ether oxygens (including phenoxy) is 3. The van der Waals surface area contributed by atoms with Gasteiger partial charge in [-0.1, -0.05) is 18.2 Å². The number of nitrogens with zero attached hydrogens (tertiary/aromatic N) is 1. The Bertz CT molecular complexity index is 1210. The average Bonchev–Trinajstić information content (AvgIpc) is 2.93. The standard InChI is InChI=1S/C30H34F2N2O6/c1-2-38-28(29(35)36)20-22-8-12-26(13-9-22)40-19-17-34(30(37)33-25-7-5-6-24(32)21-25)16-3-4-18-39-27-14-10-23(31)11-15-27/h5-15,21,28H,2-4,16-20H2,1H3,(H,33,37)(H,35,36). The van der Waals surface area contributed by atoms with Crippen molar-refractivity contribution in [1.82, 2.24) is 4.90 Å². The van der Waals surface area contributed by atoms with Crippen molar-refractivity contribution in [2.45, 2.75) is 32.3 Å². The van der Waals surface area contributed by atoms with E-state index in [-0.39, 0.29) is 31.4 Å². The highest BCUT2D eigenvalue weighted by molar-refractivity contribution is 5.89. The molecule has 10 heteroatoms. The zero-order chi connectivity index (χ0) is 28.7. The Morgan fingerprint density at radius 3 is 2.20 bits per heavy atom. The number of urea groups is 1. The summed E-state index contributed by atoms with van der Waals surface area (Å²) in [4.78, 5) is 25.8. The van der Waals surface area contributed by atoms with Crippen LogP contribution in [0, 0.1) is 11.6 Å². The van der Waals surface area contributed by atoms with Crippen LogP contribution in [0.5, 0.6) is 11.5 Å². The van der Waals surface area contributed by atoms with Crippen molar-refractivity contribution in [2.24, 2.45) is 0 Å². The number of carbonyl (C=O) groups is 2. The maximum Gasteiger partial charge on any atom is 0.333 e. The Hall–Kier alpha value is -4.18. The van der Waals surface area contributed by atoms with Gasteiger partial charge >= 0.3 is 12.0 Å². The van der Waals surface area contributed by atoms with Crippen molar-refractivity contribution in [3.63, 3.8) is 0 Å². The van der Waals surface area contributed by atoms with Crippen LogP contribution in [0.25, 0.3) is 0 Å². The second-order valence-electron chi connectivity index (χ2n) is 8.92. The van der Waals surface area contributed by atoms with E-state index < -0.39 is 17.9 Å². The summed E-state index contributed by atoms with van der Waals surface area (Å²) in [6.07, 6.45) is 0.616. The number of hydrogen-bond donors (Lipinski definition) is 2. The van der Waals surface area contributed by atoms with Gasteiger partial charge < -0.3 is 29.5 Å². The third kappa shape index (κ3) is 10.5. The third-order valence-electron chi connectivity index (χ3n) is 5.89. The SMILES string of the molecule is CCOC(Cc1ccc(OCCN(CCCCOc2ccc(F)cc2)C(=O)Nc2cccc(F)c2)cc1)C(=O)O. The summed E-state index contributed by atoms with van der Waals surface area (Å²) in [5, 5.41) is 12.0. The second kappa shape index (κ2) is 16.0. The highest BCUT2D eigenvalue weighted by Gasteiger charge is 2.18. The first kappa shape index (κ1) is 30.4. The van der Waals surface area contributed by atoms with Gasteiger partial charge in [0, 0.05) is 25.3 Å². The number of amides is 2. The molecule has 3 aromatic rings. The molecule has 0 heterocycles. The number of carboxylic acids is 1. The molecular weight excluding hydrogens is 522 g/mol. The van der Waals surface area contributed by atoms with Gasteiger partial charge in [0.1, 0.15) is 29.7 Å². The van der Waals surface area contributed by atoms with E-state index in [0.29, 0.717) is 49.8 Å². The van der Waals surface area contributed by atoms with Crippen molar-refractivity contribution in [1.29, 1.82) is 0 Å². The highest BCUT2D eigenvalue weighted by Crippen LogP contribution is 2.16. The van der Waals surface area contributed by atoms with Gasteiger partial charge in [-0.3, -0.25) is 0 Å². The summed E-state index contributed by atoms with van der Waals surface area (Å²) >= 11 is 0. The van der Waals surface area contributed by atoms with Crippen LogP contribution in [0.2, 0.25) is 0 Å². The van der Waals surface area contributed by atoms with Gasteiger partial charge in [-0.2, -0.15) is 0 Å². The molecule has 0 bridgehead atoms. The van der Waals surface area contributed by atoms with Gasteiger partial charge in [0.2, 0.25) is 0 Å². The summed E-state index contributed by atoms with van der Waals surface area (Å²) in [6, 6.07) is 18.1. The van der Waals surface area contributed by atoms with Crippen molar-refractivity contribution in [2.75, 3.05) is 38.2 Å². The molecule has 40 heavy (non-hydrogen) atoms. The molecule has 0 aromatic heterocycles. The maximum atomic E-state index is 13.6. The Morgan fingerprint density at radius 1 is 0.875 bits per heavy atom. The van der Waals surface area contributed by atoms with E-state index in [1.54, 1.807) is 54.3 Å². The number of hydrogen-bond acceptors (Lipinski definition) is 5. The van der Waals surface area contributed by atoms with E-state index in [9.17, 15) is 23.5 Å². The predicted molar refractivity (Wildman–Crippen MR) is 147 cm³/mol. The Labute approximate surface area is 232 Å². The number of anilines is 1. The van der Waals surface area contributed by atoms with Gasteiger partial charge in [-0.25, -0.2) is 18.4 Å². The monoisotopic (exact) mass is 556 g/mol. The second-order valence-corrected chi connectivity index (χ2v) is 8.92. The lowest BCUT2D eigenvalue weighted by molar-refractivity contribution is -0.149. The minimum Gasteiger partial charge on any atom is -0.494 e. The van der Waals surface area contributed by atoms with Crippen LogP contribution < -0.4 is 14.8 Å². The van der Waals surface area contributed by atoms with E-state index in [2.05, 4.69) is 5.32 Å². The smallest absolute Gasteiger partial charge is 0.333 e. The minimum absolute atomic E-state index is 0.207. The number of aliphatic carboxylic acids is 1. The van der Waals surface area contributed by atoms with Gasteiger partial charge in [0.05, 0.1) is 13.2 Å². The topological polar surface area (TPSA) is 97.3 Å². The van der Waals surface area contributed by atoms with Crippen LogP contribution in [0.15, 0.2) is 72.8 Å². The Balaban J connectivity index is 1.51. The first-order valence-electron chi connectivity index (χ1n) is 13.1. The third-order valence-corrected chi connectivity index (χ3v) is 5.89. The molecule has 0 spiro atoms. The van der Waals surface area contributed by atoms with Gasteiger partial charge in [-0.15, -0.1) is 0 Å². The molecule has 3 aromatic carbocycles. The van der Waals surface area contributed by atoms with E-state index in [1.807, 2.05) is 0 Å². The number of benzene rings is 3. The molecular formula is C30H34F2N2O6. The first-order chi connectivity index (χ1) is 19.3. The summed E-state index contributed by atoms with van der Waals surface area (Å²) in [6.45, 7) is 3.34. The molecule has 0 saturated heterocycles. The van der Waals surface area contributed by atoms with Gasteiger partial charge in [0.15, 0.2) is 6.10 Å². The summed E-state index contributed by atoms with van der Waals surface area (Å²) < 4.78 is 43.3. The molecule has 0 aliphatic carbocycles. The molecule has 8 nitrogen and oxygen atoms in total. The Kier molecular flexibility index (Phi) is 12.2. The molecule has 0 fully saturated rings. The maximum absolute atomic E-state index is 13.6. The molecule has 1 unspecified atom stereocenters. The highest BCUT2D eigenvalue weighted by atomic mass is 19.1. The van der Waals surface area contributed by atoms with Crippen molar-refractivity contribution >= 4 is 17.7 Å². The van der Waals surface area contributed by atoms with E-state index in [4.69, 9.17) is 14.2 Å². The molecule has 0 radical (unpaired) electrons. The number of unbranched alkanes of at least 4 members (excludes halogenated alkanes) is 1. The number of carbonyl (C=O) groups excluding carboxylic acids is 1. The average molecular weight is 557 g/mol. The minimum atomic E-state index is -1.01. The number of rotatable bonds is 16. The predicted octanol–water partition coefficient (Wildman–Crippen LogP) is 5.77. The summed E-state index contributed by atoms with van der Waals surface area (Å²) in [7, 11) is 0. The lowest BCUT2D eigenvalue weighted by Crippen LogP contribution is -2.38. The zero-order valence-corrected chi connectivity index (χ0v) is 22.4. The van der Waals surface area contributed by atoms with Crippen LogP contribution in [-0.2, 0) is 16.0 Å². The van der Waals surface area contributed by atoms with E-state index >= 15 is 0 Å². The van der Waals surface area contributed by atoms with Gasteiger partial charge in [-0.05, 0) is 79.9 Å². The van der Waals surface area contributed by atoms with Crippen LogP contribution in [-0.4, -0.2) is 61.0 Å². The lowest BCUT2D eigenvalue weighted by atomic mass is 10.1. The van der Waals surface area contributed by atoms with Crippen molar-refractivity contribution in [3.05, 3.63) is 90.0 Å². The zero-order valence-electron chi connectivity index (χ0n) is 22.4. The molecule has 3 rings (SSSR count). The number of halogens is 2. The fraction of sp³-hybridized carbons (Fsp3) is 0.333. The van der Waals surface area contributed by atoms with E-state index in [1.165, 1.54) is 30.3 Å². The number of nitrogens with one attached hydrogen (secondary N) is 1. The number of carboxylic acid groups (broad SMARTS) is 1. The molecule has 0 aliphatic rings. The molecule has 2 N–H and O–H groups in total. The summed E-state index contributed by atoms with van der Waals surface area (Å²) in [5.74, 6) is -0.659. The quantitative estimate of drug-likeness (QED) is 0.218. The van der Waals surface area contributed by atoms with Crippen molar-refractivity contribution < 1.29 is 37.7 Å². The first-order valence-corrected chi connectivity index (χ1v) is 13.1. The van der Waals surface area contributed by atoms with E-state index in [0.717, 1.165) is 5.56 Å². The molecule has 0 saturated carbocycles. The van der Waals surface area contributed by atoms with Crippen LogP contribution in [0.4, 0.5) is 19.3 Å². The largest absolute Gasteiger partial charge is 0.494 e. The van der Waals surface area contributed by atoms with Crippen LogP contribution >= 0.6 is 0 Å². The van der Waals surface area contributed by atoms with Gasteiger partial charge in [0.25, 0.3) is 0 Å². The molecule has 214 valence electrons. The molecule has 2 amide bonds. The fourth-order valence-corrected chi connectivity index (χ4v) is 3.84. The van der Waals surface area contributed by atoms with Crippen LogP contribution in [0.1, 0.15) is 25.3 Å². The molecule has 0 aliphatic heterocycles. The lowest BCUT2D eigenvalue weighted by Gasteiger charge is -2.23. The van der Waals surface area contributed by atoms with Crippen molar-refractivity contribution in [3.8, 4) is 11.5 Å². The molecule has 1 atom stereocenters.